The lowest BCUT2D eigenvalue weighted by Gasteiger charge is -2.33. The lowest BCUT2D eigenvalue weighted by Crippen LogP contribution is -2.25. The molecular weight excluding hydrogens is 635 g/mol. The second-order valence-corrected chi connectivity index (χ2v) is 14.0. The number of halogens is 3. The summed E-state index contributed by atoms with van der Waals surface area (Å²) in [5, 5.41) is 1.60. The Hall–Kier alpha value is -2.03. The molecule has 0 atom stereocenters. The van der Waals surface area contributed by atoms with E-state index in [1.54, 1.807) is 0 Å². The smallest absolute Gasteiger partial charge is 0.0567 e. The van der Waals surface area contributed by atoms with Crippen LogP contribution in [0.5, 0.6) is 0 Å². The number of hydrogen-bond donors (Lipinski definition) is 0. The van der Waals surface area contributed by atoms with Gasteiger partial charge in [0.1, 0.15) is 0 Å². The van der Waals surface area contributed by atoms with Gasteiger partial charge in [-0.3, -0.25) is 0 Å². The van der Waals surface area contributed by atoms with Crippen molar-refractivity contribution < 1.29 is 0 Å². The molecule has 0 spiro atoms. The van der Waals surface area contributed by atoms with Gasteiger partial charge in [-0.25, -0.2) is 0 Å². The van der Waals surface area contributed by atoms with E-state index in [4.69, 9.17) is 23.2 Å². The normalized spacial score (nSPS) is 12.9. The maximum atomic E-state index is 6.21. The van der Waals surface area contributed by atoms with Crippen molar-refractivity contribution in [2.45, 2.75) is 32.4 Å². The summed E-state index contributed by atoms with van der Waals surface area (Å²) in [7, 11) is 8.46. The quantitative estimate of drug-likeness (QED) is 0.183. The van der Waals surface area contributed by atoms with Crippen LogP contribution in [-0.4, -0.2) is 64.2 Å². The number of fused-ring (bicyclic) bond motifs is 4. The van der Waals surface area contributed by atoms with Crippen molar-refractivity contribution in [3.63, 3.8) is 0 Å². The van der Waals surface area contributed by atoms with Crippen molar-refractivity contribution in [2.24, 2.45) is 0 Å². The Morgan fingerprint density at radius 2 is 0.907 bits per heavy atom. The summed E-state index contributed by atoms with van der Waals surface area (Å²) in [6.07, 6.45) is 2.25. The molecule has 0 unspecified atom stereocenters. The molecule has 0 saturated heterocycles. The van der Waals surface area contributed by atoms with Crippen molar-refractivity contribution in [1.29, 1.82) is 0 Å². The number of nitrogens with zero attached hydrogens (tertiary/aromatic N) is 4. The van der Waals surface area contributed by atoms with E-state index in [-0.39, 0.29) is 12.4 Å². The Bertz CT molecular complexity index is 1400. The number of anilines is 4. The Morgan fingerprint density at radius 3 is 1.30 bits per heavy atom. The molecule has 6 rings (SSSR count). The Labute approximate surface area is 281 Å². The first-order valence-corrected chi connectivity index (χ1v) is 16.7. The summed E-state index contributed by atoms with van der Waals surface area (Å²) in [5.74, 6) is 0. The van der Waals surface area contributed by atoms with Crippen LogP contribution in [0.15, 0.2) is 105 Å². The molecule has 4 aromatic carbocycles. The largest absolute Gasteiger partial charge is 0.340 e. The van der Waals surface area contributed by atoms with Gasteiger partial charge in [0.2, 0.25) is 0 Å². The van der Waals surface area contributed by atoms with Crippen molar-refractivity contribution in [3.05, 3.63) is 95.0 Å². The van der Waals surface area contributed by atoms with E-state index in [0.29, 0.717) is 0 Å². The summed E-state index contributed by atoms with van der Waals surface area (Å²) in [6, 6.07) is 29.5. The lowest BCUT2D eigenvalue weighted by atomic mass is 10.2. The predicted molar refractivity (Wildman–Crippen MR) is 192 cm³/mol. The topological polar surface area (TPSA) is 13.0 Å². The minimum Gasteiger partial charge on any atom is -0.340 e. The van der Waals surface area contributed by atoms with Crippen molar-refractivity contribution in [1.82, 2.24) is 9.80 Å². The zero-order valence-electron chi connectivity index (χ0n) is 25.1. The van der Waals surface area contributed by atoms with Gasteiger partial charge in [0.05, 0.1) is 22.7 Å². The van der Waals surface area contributed by atoms with Crippen molar-refractivity contribution >= 4 is 81.9 Å². The highest BCUT2D eigenvalue weighted by molar-refractivity contribution is 8.00. The lowest BCUT2D eigenvalue weighted by molar-refractivity contribution is 0.402. The second kappa shape index (κ2) is 15.8. The molecule has 43 heavy (non-hydrogen) atoms. The molecule has 0 N–H and O–H groups in total. The summed E-state index contributed by atoms with van der Waals surface area (Å²) in [5.41, 5.74) is 5.03. The molecule has 0 aliphatic carbocycles. The first-order valence-electron chi connectivity index (χ1n) is 14.3. The summed E-state index contributed by atoms with van der Waals surface area (Å²) < 4.78 is 0. The maximum absolute atomic E-state index is 6.21. The average Bonchev–Trinajstić information content (AvgIpc) is 2.97. The molecule has 0 bridgehead atoms. The fourth-order valence-electron chi connectivity index (χ4n) is 5.18. The molecule has 0 radical (unpaired) electrons. The van der Waals surface area contributed by atoms with E-state index in [0.717, 1.165) is 49.1 Å². The van der Waals surface area contributed by atoms with Crippen LogP contribution in [0.25, 0.3) is 0 Å². The number of rotatable bonds is 8. The molecule has 4 aromatic rings. The summed E-state index contributed by atoms with van der Waals surface area (Å²) in [4.78, 5) is 14.4. The van der Waals surface area contributed by atoms with Gasteiger partial charge < -0.3 is 19.6 Å². The monoisotopic (exact) mass is 672 g/mol. The molecule has 9 heteroatoms. The van der Waals surface area contributed by atoms with Gasteiger partial charge in [-0.05, 0) is 115 Å². The number of para-hydroxylation sites is 2. The second-order valence-electron chi connectivity index (χ2n) is 11.0. The van der Waals surface area contributed by atoms with E-state index in [1.165, 1.54) is 42.3 Å². The van der Waals surface area contributed by atoms with E-state index in [2.05, 4.69) is 121 Å². The van der Waals surface area contributed by atoms with Crippen molar-refractivity contribution in [3.8, 4) is 0 Å². The Balaban J connectivity index is 0.000000192. The van der Waals surface area contributed by atoms with Gasteiger partial charge >= 0.3 is 0 Å². The third-order valence-corrected chi connectivity index (χ3v) is 9.88. The minimum absolute atomic E-state index is 0. The first kappa shape index (κ1) is 33.9. The van der Waals surface area contributed by atoms with Gasteiger partial charge in [-0.15, -0.1) is 12.4 Å². The van der Waals surface area contributed by atoms with Gasteiger partial charge in [0, 0.05) is 42.7 Å². The molecule has 2 aliphatic heterocycles. The van der Waals surface area contributed by atoms with Crippen LogP contribution in [0.1, 0.15) is 12.8 Å². The molecule has 4 nitrogen and oxygen atoms in total. The van der Waals surface area contributed by atoms with E-state index in [1.807, 2.05) is 35.7 Å². The van der Waals surface area contributed by atoms with Gasteiger partial charge in [0.15, 0.2) is 0 Å². The van der Waals surface area contributed by atoms with Crippen LogP contribution in [0.2, 0.25) is 10.0 Å². The Morgan fingerprint density at radius 1 is 0.535 bits per heavy atom. The zero-order valence-corrected chi connectivity index (χ0v) is 29.1. The highest BCUT2D eigenvalue weighted by atomic mass is 35.5. The highest BCUT2D eigenvalue weighted by Gasteiger charge is 2.24. The first-order chi connectivity index (χ1) is 20.3. The highest BCUT2D eigenvalue weighted by Crippen LogP contribution is 2.49. The molecule has 0 fully saturated rings. The van der Waals surface area contributed by atoms with Crippen LogP contribution < -0.4 is 9.80 Å². The molecular formula is C34H39Cl3N4S2. The van der Waals surface area contributed by atoms with E-state index in [9.17, 15) is 0 Å². The third kappa shape index (κ3) is 8.58. The van der Waals surface area contributed by atoms with Gasteiger partial charge in [-0.1, -0.05) is 71.0 Å². The predicted octanol–water partition coefficient (Wildman–Crippen LogP) is 10.2. The molecule has 0 saturated carbocycles. The fraction of sp³-hybridized carbons (Fsp3) is 0.294. The van der Waals surface area contributed by atoms with Crippen molar-refractivity contribution in [2.75, 3.05) is 64.2 Å². The van der Waals surface area contributed by atoms with Crippen LogP contribution in [0, 0.1) is 0 Å². The van der Waals surface area contributed by atoms with E-state index < -0.39 is 0 Å². The van der Waals surface area contributed by atoms with Gasteiger partial charge in [0.25, 0.3) is 0 Å². The number of benzene rings is 4. The zero-order chi connectivity index (χ0) is 29.6. The van der Waals surface area contributed by atoms with Crippen LogP contribution in [-0.2, 0) is 0 Å². The minimum atomic E-state index is 0. The molecule has 0 amide bonds. The summed E-state index contributed by atoms with van der Waals surface area (Å²) in [6.45, 7) is 4.18. The van der Waals surface area contributed by atoms with Gasteiger partial charge in [-0.2, -0.15) is 0 Å². The standard InChI is InChI=1S/2C17H19ClN2S.ClH/c2*1-19(2)10-5-11-20-14-6-3-4-7-16(14)21-17-9-8-13(18)12-15(17)20;/h2*3-4,6-9,12H,5,10-11H2,1-2H3;1H. The molecule has 2 aliphatic rings. The number of hydrogen-bond acceptors (Lipinski definition) is 6. The molecule has 228 valence electrons. The SMILES string of the molecule is CN(C)CCCN1c2ccccc2Sc2ccc(Cl)cc21.CN(C)CCCN1c2ccccc2Sc2ccc(Cl)cc21.Cl. The van der Waals surface area contributed by atoms with Crippen LogP contribution >= 0.6 is 59.1 Å². The molecule has 0 aromatic heterocycles. The fourth-order valence-corrected chi connectivity index (χ4v) is 7.66. The molecule has 2 heterocycles. The van der Waals surface area contributed by atoms with Crippen LogP contribution in [0.4, 0.5) is 22.7 Å². The van der Waals surface area contributed by atoms with E-state index >= 15 is 0 Å². The average molecular weight is 674 g/mol. The maximum Gasteiger partial charge on any atom is 0.0567 e. The summed E-state index contributed by atoms with van der Waals surface area (Å²) >= 11 is 16.1. The third-order valence-electron chi connectivity index (χ3n) is 7.15. The Kier molecular flexibility index (Phi) is 12.4. The van der Waals surface area contributed by atoms with Crippen LogP contribution in [0.3, 0.4) is 0 Å².